The van der Waals surface area contributed by atoms with Gasteiger partial charge >= 0.3 is 0 Å². The molecule has 0 aromatic carbocycles. The molecule has 1 heteroatoms. The van der Waals surface area contributed by atoms with Crippen LogP contribution in [0.4, 0.5) is 0 Å². The van der Waals surface area contributed by atoms with Crippen molar-refractivity contribution in [3.63, 3.8) is 0 Å². The van der Waals surface area contributed by atoms with Gasteiger partial charge in [0.05, 0.1) is 6.10 Å². The summed E-state index contributed by atoms with van der Waals surface area (Å²) in [4.78, 5) is 0. The van der Waals surface area contributed by atoms with Crippen LogP contribution in [0.2, 0.25) is 0 Å². The molecular formula is C32H60O. The monoisotopic (exact) mass is 460 g/mol. The van der Waals surface area contributed by atoms with Gasteiger partial charge in [-0.2, -0.15) is 0 Å². The molecule has 33 heavy (non-hydrogen) atoms. The minimum absolute atomic E-state index is 0.112. The summed E-state index contributed by atoms with van der Waals surface area (Å²) in [5, 5.41) is 10.1. The Morgan fingerprint density at radius 3 is 1.21 bits per heavy atom. The molecule has 0 spiro atoms. The van der Waals surface area contributed by atoms with E-state index in [2.05, 4.69) is 50.3 Å². The van der Waals surface area contributed by atoms with Gasteiger partial charge in [-0.1, -0.05) is 115 Å². The van der Waals surface area contributed by atoms with Crippen molar-refractivity contribution in [3.8, 4) is 0 Å². The van der Waals surface area contributed by atoms with Gasteiger partial charge in [0.25, 0.3) is 0 Å². The zero-order valence-electron chi connectivity index (χ0n) is 22.8. The lowest BCUT2D eigenvalue weighted by Crippen LogP contribution is -2.05. The number of hydrogen-bond acceptors (Lipinski definition) is 1. The number of unbranched alkanes of at least 4 members (excludes halogenated alkanes) is 16. The Kier molecular flexibility index (Phi) is 28.5. The van der Waals surface area contributed by atoms with Crippen LogP contribution in [-0.4, -0.2) is 11.2 Å². The molecule has 0 aliphatic carbocycles. The average molecular weight is 461 g/mol. The molecule has 0 amide bonds. The molecule has 0 fully saturated rings. The molecule has 0 aliphatic rings. The lowest BCUT2D eigenvalue weighted by atomic mass is 10.0. The van der Waals surface area contributed by atoms with E-state index in [0.29, 0.717) is 0 Å². The summed E-state index contributed by atoms with van der Waals surface area (Å²) < 4.78 is 0. The number of allylic oxidation sites excluding steroid dienone is 6. The molecule has 0 aromatic heterocycles. The van der Waals surface area contributed by atoms with Crippen LogP contribution in [0, 0.1) is 0 Å². The first kappa shape index (κ1) is 32.2. The van der Waals surface area contributed by atoms with Crippen molar-refractivity contribution in [3.05, 3.63) is 36.5 Å². The van der Waals surface area contributed by atoms with Crippen LogP contribution in [0.15, 0.2) is 36.5 Å². The highest BCUT2D eigenvalue weighted by atomic mass is 16.3. The third kappa shape index (κ3) is 29.1. The molecule has 194 valence electrons. The van der Waals surface area contributed by atoms with E-state index in [9.17, 15) is 5.11 Å². The second kappa shape index (κ2) is 29.2. The summed E-state index contributed by atoms with van der Waals surface area (Å²) in [5.41, 5.74) is 0. The van der Waals surface area contributed by atoms with Crippen molar-refractivity contribution < 1.29 is 5.11 Å². The van der Waals surface area contributed by atoms with Crippen molar-refractivity contribution in [2.24, 2.45) is 0 Å². The van der Waals surface area contributed by atoms with Crippen molar-refractivity contribution in [1.82, 2.24) is 0 Å². The van der Waals surface area contributed by atoms with Gasteiger partial charge in [-0.15, -0.1) is 0 Å². The Labute approximate surface area is 209 Å². The minimum Gasteiger partial charge on any atom is -0.393 e. The van der Waals surface area contributed by atoms with Crippen LogP contribution < -0.4 is 0 Å². The number of rotatable bonds is 26. The van der Waals surface area contributed by atoms with Crippen molar-refractivity contribution in [2.75, 3.05) is 0 Å². The maximum Gasteiger partial charge on any atom is 0.0543 e. The summed E-state index contributed by atoms with van der Waals surface area (Å²) in [6.45, 7) is 4.53. The van der Waals surface area contributed by atoms with E-state index in [-0.39, 0.29) is 6.10 Å². The van der Waals surface area contributed by atoms with Gasteiger partial charge in [-0.05, 0) is 83.5 Å². The Morgan fingerprint density at radius 2 is 0.727 bits per heavy atom. The first-order valence-corrected chi connectivity index (χ1v) is 14.9. The molecule has 1 nitrogen and oxygen atoms in total. The van der Waals surface area contributed by atoms with Crippen LogP contribution in [0.3, 0.4) is 0 Å². The normalized spacial score (nSPS) is 13.2. The standard InChI is InChI=1S/C32H60O/c1-3-5-7-9-11-13-15-16-17-18-19-20-21-23-25-27-29-31-32(33)30-28-26-24-22-14-12-10-8-6-4-2/h11,13-14,22,25,27,32-33H,3-10,12,15-21,23-24,26,28-31H2,1-2H3/b13-11-,22-14+,27-25+. The summed E-state index contributed by atoms with van der Waals surface area (Å²) in [6.07, 6.45) is 43.2. The van der Waals surface area contributed by atoms with E-state index in [4.69, 9.17) is 0 Å². The zero-order chi connectivity index (χ0) is 24.1. The molecule has 1 N–H and O–H groups in total. The molecule has 0 rings (SSSR count). The fourth-order valence-corrected chi connectivity index (χ4v) is 4.21. The first-order chi connectivity index (χ1) is 16.3. The molecule has 1 unspecified atom stereocenters. The Balaban J connectivity index is 3.29. The van der Waals surface area contributed by atoms with Crippen molar-refractivity contribution in [2.45, 2.75) is 168 Å². The fourth-order valence-electron chi connectivity index (χ4n) is 4.21. The van der Waals surface area contributed by atoms with E-state index >= 15 is 0 Å². The second-order valence-corrected chi connectivity index (χ2v) is 9.97. The third-order valence-electron chi connectivity index (χ3n) is 6.51. The minimum atomic E-state index is -0.112. The van der Waals surface area contributed by atoms with Gasteiger partial charge in [-0.25, -0.2) is 0 Å². The Hall–Kier alpha value is -0.820. The predicted molar refractivity (Wildman–Crippen MR) is 151 cm³/mol. The van der Waals surface area contributed by atoms with Crippen LogP contribution in [0.5, 0.6) is 0 Å². The van der Waals surface area contributed by atoms with Gasteiger partial charge in [0.1, 0.15) is 0 Å². The number of hydrogen-bond donors (Lipinski definition) is 1. The highest BCUT2D eigenvalue weighted by molar-refractivity contribution is 4.83. The summed E-state index contributed by atoms with van der Waals surface area (Å²) in [7, 11) is 0. The van der Waals surface area contributed by atoms with Gasteiger partial charge in [0.2, 0.25) is 0 Å². The maximum atomic E-state index is 10.1. The lowest BCUT2D eigenvalue weighted by molar-refractivity contribution is 0.152. The Bertz CT molecular complexity index is 434. The van der Waals surface area contributed by atoms with Gasteiger partial charge < -0.3 is 5.11 Å². The quantitative estimate of drug-likeness (QED) is 0.100. The molecule has 0 saturated heterocycles. The van der Waals surface area contributed by atoms with E-state index in [1.807, 2.05) is 0 Å². The SMILES string of the molecule is CCCCC/C=C\CCCCCCCC/C=C/CCC(O)CCCC/C=C/CCCCCC. The number of aliphatic hydroxyl groups excluding tert-OH is 1. The second-order valence-electron chi connectivity index (χ2n) is 9.97. The molecule has 0 aromatic rings. The smallest absolute Gasteiger partial charge is 0.0543 e. The Morgan fingerprint density at radius 1 is 0.394 bits per heavy atom. The van der Waals surface area contributed by atoms with E-state index in [0.717, 1.165) is 25.7 Å². The van der Waals surface area contributed by atoms with Crippen LogP contribution in [0.25, 0.3) is 0 Å². The average Bonchev–Trinajstić information content (AvgIpc) is 2.82. The highest BCUT2D eigenvalue weighted by Crippen LogP contribution is 2.12. The van der Waals surface area contributed by atoms with Crippen LogP contribution in [0.1, 0.15) is 162 Å². The molecule has 0 bridgehead atoms. The highest BCUT2D eigenvalue weighted by Gasteiger charge is 2.01. The molecule has 0 saturated carbocycles. The van der Waals surface area contributed by atoms with Crippen LogP contribution >= 0.6 is 0 Å². The lowest BCUT2D eigenvalue weighted by Gasteiger charge is -2.08. The predicted octanol–water partition coefficient (Wildman–Crippen LogP) is 11.0. The molecule has 0 heterocycles. The summed E-state index contributed by atoms with van der Waals surface area (Å²) in [6, 6.07) is 0. The van der Waals surface area contributed by atoms with Crippen molar-refractivity contribution >= 4 is 0 Å². The van der Waals surface area contributed by atoms with Gasteiger partial charge in [0, 0.05) is 0 Å². The molecule has 1 atom stereocenters. The summed E-state index contributed by atoms with van der Waals surface area (Å²) in [5.74, 6) is 0. The topological polar surface area (TPSA) is 20.2 Å². The fraction of sp³-hybridized carbons (Fsp3) is 0.812. The maximum absolute atomic E-state index is 10.1. The number of aliphatic hydroxyl groups is 1. The molecule has 0 radical (unpaired) electrons. The van der Waals surface area contributed by atoms with Gasteiger partial charge in [-0.3, -0.25) is 0 Å². The summed E-state index contributed by atoms with van der Waals surface area (Å²) >= 11 is 0. The zero-order valence-corrected chi connectivity index (χ0v) is 22.8. The van der Waals surface area contributed by atoms with E-state index in [1.54, 1.807) is 0 Å². The van der Waals surface area contributed by atoms with Gasteiger partial charge in [0.15, 0.2) is 0 Å². The first-order valence-electron chi connectivity index (χ1n) is 14.9. The van der Waals surface area contributed by atoms with Crippen molar-refractivity contribution in [1.29, 1.82) is 0 Å². The largest absolute Gasteiger partial charge is 0.393 e. The van der Waals surface area contributed by atoms with E-state index < -0.39 is 0 Å². The third-order valence-corrected chi connectivity index (χ3v) is 6.51. The molecule has 0 aliphatic heterocycles. The van der Waals surface area contributed by atoms with Crippen LogP contribution in [-0.2, 0) is 0 Å². The van der Waals surface area contributed by atoms with E-state index in [1.165, 1.54) is 122 Å². The molecular weight excluding hydrogens is 400 g/mol.